The van der Waals surface area contributed by atoms with E-state index in [0.717, 1.165) is 15.7 Å². The molecular formula is C16H19BrN2O2. The number of hydrogen-bond donors (Lipinski definition) is 0. The average Bonchev–Trinajstić information content (AvgIpc) is 2.83. The fourth-order valence-electron chi connectivity index (χ4n) is 2.30. The number of ether oxygens (including phenoxy) is 1. The Hall–Kier alpha value is -1.62. The van der Waals surface area contributed by atoms with Gasteiger partial charge in [0.15, 0.2) is 0 Å². The Kier molecular flexibility index (Phi) is 5.17. The van der Waals surface area contributed by atoms with Crippen LogP contribution in [0.25, 0.3) is 0 Å². The van der Waals surface area contributed by atoms with Crippen LogP contribution >= 0.6 is 15.9 Å². The van der Waals surface area contributed by atoms with E-state index in [4.69, 9.17) is 4.74 Å². The van der Waals surface area contributed by atoms with Crippen molar-refractivity contribution in [3.8, 4) is 0 Å². The Morgan fingerprint density at radius 3 is 2.81 bits per heavy atom. The standard InChI is InChI=1S/C16H19BrN2O2/c1-4-21-16(20)14-9-18-19(15(14)11(2)3)10-12-6-5-7-13(17)8-12/h5-9,11H,4,10H2,1-3H3. The van der Waals surface area contributed by atoms with Gasteiger partial charge < -0.3 is 4.74 Å². The van der Waals surface area contributed by atoms with E-state index in [-0.39, 0.29) is 11.9 Å². The third-order valence-corrected chi connectivity index (χ3v) is 3.64. The predicted molar refractivity (Wildman–Crippen MR) is 85.5 cm³/mol. The highest BCUT2D eigenvalue weighted by Gasteiger charge is 2.20. The molecule has 0 aliphatic rings. The molecule has 112 valence electrons. The molecule has 21 heavy (non-hydrogen) atoms. The Morgan fingerprint density at radius 1 is 1.43 bits per heavy atom. The highest BCUT2D eigenvalue weighted by molar-refractivity contribution is 9.10. The molecule has 0 radical (unpaired) electrons. The maximum absolute atomic E-state index is 12.0. The maximum atomic E-state index is 12.0. The topological polar surface area (TPSA) is 44.1 Å². The Labute approximate surface area is 133 Å². The van der Waals surface area contributed by atoms with Gasteiger partial charge in [0.05, 0.1) is 25.0 Å². The Balaban J connectivity index is 2.34. The summed E-state index contributed by atoms with van der Waals surface area (Å²) in [7, 11) is 0. The quantitative estimate of drug-likeness (QED) is 0.765. The predicted octanol–water partition coefficient (Wildman–Crippen LogP) is 3.99. The third kappa shape index (κ3) is 3.73. The van der Waals surface area contributed by atoms with Crippen LogP contribution < -0.4 is 0 Å². The average molecular weight is 351 g/mol. The van der Waals surface area contributed by atoms with E-state index in [9.17, 15) is 4.79 Å². The molecule has 2 aromatic rings. The van der Waals surface area contributed by atoms with Crippen LogP contribution in [0.1, 0.15) is 48.3 Å². The lowest BCUT2D eigenvalue weighted by Gasteiger charge is -2.12. The van der Waals surface area contributed by atoms with Crippen molar-refractivity contribution in [1.82, 2.24) is 9.78 Å². The van der Waals surface area contributed by atoms with Crippen molar-refractivity contribution in [2.45, 2.75) is 33.2 Å². The number of nitrogens with zero attached hydrogens (tertiary/aromatic N) is 2. The molecular weight excluding hydrogens is 332 g/mol. The summed E-state index contributed by atoms with van der Waals surface area (Å²) >= 11 is 3.47. The Morgan fingerprint density at radius 2 is 2.19 bits per heavy atom. The Bertz CT molecular complexity index is 635. The molecule has 0 saturated carbocycles. The van der Waals surface area contributed by atoms with Crippen LogP contribution in [0.3, 0.4) is 0 Å². The van der Waals surface area contributed by atoms with Crippen LogP contribution in [-0.4, -0.2) is 22.4 Å². The second-order valence-electron chi connectivity index (χ2n) is 5.11. The second kappa shape index (κ2) is 6.89. The van der Waals surface area contributed by atoms with E-state index < -0.39 is 0 Å². The van der Waals surface area contributed by atoms with Gasteiger partial charge in [-0.1, -0.05) is 41.9 Å². The number of esters is 1. The lowest BCUT2D eigenvalue weighted by molar-refractivity contribution is 0.0524. The molecule has 0 spiro atoms. The number of hydrogen-bond acceptors (Lipinski definition) is 3. The van der Waals surface area contributed by atoms with Crippen molar-refractivity contribution >= 4 is 21.9 Å². The van der Waals surface area contributed by atoms with Gasteiger partial charge in [0.1, 0.15) is 5.56 Å². The summed E-state index contributed by atoms with van der Waals surface area (Å²) in [5.41, 5.74) is 2.60. The van der Waals surface area contributed by atoms with Gasteiger partial charge in [-0.3, -0.25) is 4.68 Å². The van der Waals surface area contributed by atoms with Crippen LogP contribution in [0, 0.1) is 0 Å². The van der Waals surface area contributed by atoms with Gasteiger partial charge in [-0.15, -0.1) is 0 Å². The zero-order valence-electron chi connectivity index (χ0n) is 12.5. The van der Waals surface area contributed by atoms with Crippen molar-refractivity contribution in [2.24, 2.45) is 0 Å². The zero-order valence-corrected chi connectivity index (χ0v) is 14.1. The molecule has 0 saturated heterocycles. The van der Waals surface area contributed by atoms with Crippen LogP contribution in [-0.2, 0) is 11.3 Å². The maximum Gasteiger partial charge on any atom is 0.341 e. The lowest BCUT2D eigenvalue weighted by Crippen LogP contribution is -2.12. The summed E-state index contributed by atoms with van der Waals surface area (Å²) in [6.45, 7) is 6.91. The van der Waals surface area contributed by atoms with Crippen molar-refractivity contribution in [3.63, 3.8) is 0 Å². The number of aromatic nitrogens is 2. The first-order valence-electron chi connectivity index (χ1n) is 7.00. The van der Waals surface area contributed by atoms with Gasteiger partial charge in [0.25, 0.3) is 0 Å². The number of rotatable bonds is 5. The van der Waals surface area contributed by atoms with E-state index in [1.54, 1.807) is 13.1 Å². The highest BCUT2D eigenvalue weighted by atomic mass is 79.9. The highest BCUT2D eigenvalue weighted by Crippen LogP contribution is 2.22. The van der Waals surface area contributed by atoms with Crippen LogP contribution in [0.2, 0.25) is 0 Å². The molecule has 0 unspecified atom stereocenters. The minimum absolute atomic E-state index is 0.194. The number of carbonyl (C=O) groups is 1. The summed E-state index contributed by atoms with van der Waals surface area (Å²) in [6, 6.07) is 8.07. The van der Waals surface area contributed by atoms with E-state index in [2.05, 4.69) is 40.9 Å². The third-order valence-electron chi connectivity index (χ3n) is 3.14. The summed E-state index contributed by atoms with van der Waals surface area (Å²) < 4.78 is 8.01. The van der Waals surface area contributed by atoms with Crippen LogP contribution in [0.5, 0.6) is 0 Å². The molecule has 1 aromatic carbocycles. The van der Waals surface area contributed by atoms with Gasteiger partial charge in [-0.2, -0.15) is 5.10 Å². The van der Waals surface area contributed by atoms with Crippen molar-refractivity contribution < 1.29 is 9.53 Å². The molecule has 0 fully saturated rings. The molecule has 0 aliphatic heterocycles. The SMILES string of the molecule is CCOC(=O)c1cnn(Cc2cccc(Br)c2)c1C(C)C. The second-order valence-corrected chi connectivity index (χ2v) is 6.02. The van der Waals surface area contributed by atoms with Crippen molar-refractivity contribution in [2.75, 3.05) is 6.61 Å². The number of benzene rings is 1. The molecule has 2 rings (SSSR count). The monoisotopic (exact) mass is 350 g/mol. The molecule has 0 atom stereocenters. The summed E-state index contributed by atoms with van der Waals surface area (Å²) in [4.78, 5) is 12.0. The molecule has 0 bridgehead atoms. The summed E-state index contributed by atoms with van der Waals surface area (Å²) in [5, 5.41) is 4.37. The first kappa shape index (κ1) is 15.8. The first-order chi connectivity index (χ1) is 10.0. The molecule has 0 aliphatic carbocycles. The van der Waals surface area contributed by atoms with E-state index >= 15 is 0 Å². The lowest BCUT2D eigenvalue weighted by atomic mass is 10.1. The summed E-state index contributed by atoms with van der Waals surface area (Å²) in [6.07, 6.45) is 1.60. The van der Waals surface area contributed by atoms with Gasteiger partial charge in [-0.25, -0.2) is 4.79 Å². The van der Waals surface area contributed by atoms with Crippen LogP contribution in [0.4, 0.5) is 0 Å². The normalized spacial score (nSPS) is 10.9. The van der Waals surface area contributed by atoms with Crippen molar-refractivity contribution in [1.29, 1.82) is 0 Å². The minimum atomic E-state index is -0.304. The number of halogens is 1. The largest absolute Gasteiger partial charge is 0.462 e. The molecule has 4 nitrogen and oxygen atoms in total. The van der Waals surface area contributed by atoms with Gasteiger partial charge >= 0.3 is 5.97 Å². The minimum Gasteiger partial charge on any atom is -0.462 e. The van der Waals surface area contributed by atoms with Crippen LogP contribution in [0.15, 0.2) is 34.9 Å². The van der Waals surface area contributed by atoms with Crippen molar-refractivity contribution in [3.05, 3.63) is 51.8 Å². The van der Waals surface area contributed by atoms with E-state index in [0.29, 0.717) is 18.7 Å². The molecule has 1 heterocycles. The number of carbonyl (C=O) groups excluding carboxylic acids is 1. The fourth-order valence-corrected chi connectivity index (χ4v) is 2.75. The first-order valence-corrected chi connectivity index (χ1v) is 7.79. The smallest absolute Gasteiger partial charge is 0.341 e. The fraction of sp³-hybridized carbons (Fsp3) is 0.375. The zero-order chi connectivity index (χ0) is 15.4. The van der Waals surface area contributed by atoms with Gasteiger partial charge in [0, 0.05) is 4.47 Å². The van der Waals surface area contributed by atoms with Gasteiger partial charge in [-0.05, 0) is 30.5 Å². The van der Waals surface area contributed by atoms with E-state index in [1.165, 1.54) is 0 Å². The molecule has 0 N–H and O–H groups in total. The molecule has 5 heteroatoms. The summed E-state index contributed by atoms with van der Waals surface area (Å²) in [5.74, 6) is -0.110. The molecule has 0 amide bonds. The van der Waals surface area contributed by atoms with E-state index in [1.807, 2.05) is 22.9 Å². The molecule has 1 aromatic heterocycles. The van der Waals surface area contributed by atoms with Gasteiger partial charge in [0.2, 0.25) is 0 Å².